The van der Waals surface area contributed by atoms with Gasteiger partial charge in [-0.15, -0.1) is 0 Å². The van der Waals surface area contributed by atoms with Gasteiger partial charge in [-0.05, 0) is 36.4 Å². The number of halogens is 2. The number of hydrogen-bond acceptors (Lipinski definition) is 7. The summed E-state index contributed by atoms with van der Waals surface area (Å²) in [6, 6.07) is 10.0. The van der Waals surface area contributed by atoms with Gasteiger partial charge in [0, 0.05) is 16.1 Å². The predicted octanol–water partition coefficient (Wildman–Crippen LogP) is 2.77. The van der Waals surface area contributed by atoms with E-state index < -0.39 is 5.82 Å². The molecule has 0 aliphatic carbocycles. The number of fused-ring (bicyclic) bond motifs is 1. The lowest BCUT2D eigenvalue weighted by molar-refractivity contribution is 0.630. The number of nitrogens with one attached hydrogen (secondary N) is 4. The number of rotatable bonds is 3. The summed E-state index contributed by atoms with van der Waals surface area (Å²) in [4.78, 5) is 9.15. The van der Waals surface area contributed by atoms with Gasteiger partial charge in [0.15, 0.2) is 0 Å². The van der Waals surface area contributed by atoms with Gasteiger partial charge >= 0.3 is 0 Å². The van der Waals surface area contributed by atoms with Crippen LogP contribution in [-0.2, 0) is 0 Å². The lowest BCUT2D eigenvalue weighted by Crippen LogP contribution is -2.40. The van der Waals surface area contributed by atoms with Crippen LogP contribution >= 0.6 is 11.6 Å². The standard InChI is InChI=1S/C18H14ClFN8/c19-10-1-2-14(20)12(5-10)18-13(8-22-26-18)15-3-4-16-17(25-15)6-11(7-21-16)28-24-9-23-27-28/h1-8,23-24,27H,9H2,(H,22,26). The third-order valence-electron chi connectivity index (χ3n) is 4.41. The van der Waals surface area contributed by atoms with Gasteiger partial charge in [-0.3, -0.25) is 10.1 Å². The van der Waals surface area contributed by atoms with Crippen molar-refractivity contribution in [3.63, 3.8) is 0 Å². The van der Waals surface area contributed by atoms with Crippen LogP contribution < -0.4 is 21.5 Å². The van der Waals surface area contributed by atoms with Crippen molar-refractivity contribution in [3.8, 4) is 22.5 Å². The summed E-state index contributed by atoms with van der Waals surface area (Å²) in [5, 5.41) is 9.09. The third kappa shape index (κ3) is 2.96. The second-order valence-electron chi connectivity index (χ2n) is 6.17. The summed E-state index contributed by atoms with van der Waals surface area (Å²) >= 11 is 6.04. The van der Waals surface area contributed by atoms with Gasteiger partial charge in [0.1, 0.15) is 5.82 Å². The van der Waals surface area contributed by atoms with Crippen LogP contribution in [0.5, 0.6) is 0 Å². The Labute approximate surface area is 163 Å². The van der Waals surface area contributed by atoms with E-state index in [1.165, 1.54) is 12.1 Å². The van der Waals surface area contributed by atoms with Crippen LogP contribution in [0.4, 0.5) is 10.1 Å². The molecule has 8 nitrogen and oxygen atoms in total. The van der Waals surface area contributed by atoms with E-state index in [0.717, 1.165) is 11.2 Å². The Bertz CT molecular complexity index is 1170. The molecule has 140 valence electrons. The Morgan fingerprint density at radius 1 is 1.04 bits per heavy atom. The average Bonchev–Trinajstić information content (AvgIpc) is 3.41. The first kappa shape index (κ1) is 17.0. The second kappa shape index (κ2) is 6.80. The Kier molecular flexibility index (Phi) is 4.14. The molecule has 1 aliphatic heterocycles. The van der Waals surface area contributed by atoms with E-state index >= 15 is 0 Å². The molecule has 0 radical (unpaired) electrons. The summed E-state index contributed by atoms with van der Waals surface area (Å²) < 4.78 is 14.3. The SMILES string of the molecule is Fc1ccc(Cl)cc1-c1[nH]ncc1-c1ccc2ncc(N3NCNN3)cc2n1. The molecule has 4 aromatic rings. The number of benzene rings is 1. The van der Waals surface area contributed by atoms with Crippen LogP contribution in [0.1, 0.15) is 0 Å². The van der Waals surface area contributed by atoms with E-state index in [1.54, 1.807) is 23.6 Å². The number of anilines is 1. The van der Waals surface area contributed by atoms with Crippen LogP contribution in [0, 0.1) is 5.82 Å². The highest BCUT2D eigenvalue weighted by Crippen LogP contribution is 2.33. The third-order valence-corrected chi connectivity index (χ3v) is 4.65. The van der Waals surface area contributed by atoms with Gasteiger partial charge < -0.3 is 0 Å². The molecule has 1 fully saturated rings. The molecule has 0 bridgehead atoms. The molecule has 3 aromatic heterocycles. The Morgan fingerprint density at radius 2 is 1.96 bits per heavy atom. The zero-order chi connectivity index (χ0) is 19.1. The maximum atomic E-state index is 14.3. The monoisotopic (exact) mass is 396 g/mol. The largest absolute Gasteiger partial charge is 0.277 e. The molecule has 0 spiro atoms. The molecule has 0 saturated carbocycles. The molecular formula is C18H14ClFN8. The fourth-order valence-corrected chi connectivity index (χ4v) is 3.25. The van der Waals surface area contributed by atoms with Crippen molar-refractivity contribution in [2.75, 3.05) is 11.8 Å². The molecule has 0 atom stereocenters. The van der Waals surface area contributed by atoms with E-state index in [4.69, 9.17) is 16.6 Å². The number of hydrogen-bond donors (Lipinski definition) is 4. The quantitative estimate of drug-likeness (QED) is 0.423. The van der Waals surface area contributed by atoms with Crippen molar-refractivity contribution in [3.05, 3.63) is 59.6 Å². The first-order valence-corrected chi connectivity index (χ1v) is 8.85. The van der Waals surface area contributed by atoms with Crippen LogP contribution in [0.15, 0.2) is 48.8 Å². The first-order chi connectivity index (χ1) is 13.7. The molecule has 1 aliphatic rings. The molecule has 5 rings (SSSR count). The minimum atomic E-state index is -0.390. The fraction of sp³-hybridized carbons (Fsp3) is 0.0556. The number of nitrogens with zero attached hydrogens (tertiary/aromatic N) is 4. The minimum Gasteiger partial charge on any atom is -0.277 e. The highest BCUT2D eigenvalue weighted by Gasteiger charge is 2.17. The highest BCUT2D eigenvalue weighted by molar-refractivity contribution is 6.30. The highest BCUT2D eigenvalue weighted by atomic mass is 35.5. The van der Waals surface area contributed by atoms with Gasteiger partial charge in [0.2, 0.25) is 0 Å². The summed E-state index contributed by atoms with van der Waals surface area (Å²) in [5.74, 6) is -0.390. The van der Waals surface area contributed by atoms with E-state index in [0.29, 0.717) is 39.7 Å². The Morgan fingerprint density at radius 3 is 2.82 bits per heavy atom. The van der Waals surface area contributed by atoms with Gasteiger partial charge in [0.25, 0.3) is 0 Å². The zero-order valence-corrected chi connectivity index (χ0v) is 15.1. The zero-order valence-electron chi connectivity index (χ0n) is 14.4. The van der Waals surface area contributed by atoms with Crippen molar-refractivity contribution in [2.24, 2.45) is 0 Å². The fourth-order valence-electron chi connectivity index (χ4n) is 3.08. The summed E-state index contributed by atoms with van der Waals surface area (Å²) in [6.45, 7) is 0.592. The molecule has 4 heterocycles. The lowest BCUT2D eigenvalue weighted by Gasteiger charge is -2.16. The normalized spacial score (nSPS) is 14.1. The van der Waals surface area contributed by atoms with Crippen LogP contribution in [0.2, 0.25) is 5.02 Å². The van der Waals surface area contributed by atoms with E-state index in [9.17, 15) is 4.39 Å². The van der Waals surface area contributed by atoms with Crippen molar-refractivity contribution >= 4 is 28.3 Å². The predicted molar refractivity (Wildman–Crippen MR) is 104 cm³/mol. The second-order valence-corrected chi connectivity index (χ2v) is 6.61. The van der Waals surface area contributed by atoms with E-state index in [2.05, 4.69) is 31.6 Å². The molecular weight excluding hydrogens is 383 g/mol. The Balaban J connectivity index is 1.60. The molecule has 10 heteroatoms. The lowest BCUT2D eigenvalue weighted by atomic mass is 10.0. The number of H-pyrrole nitrogens is 1. The van der Waals surface area contributed by atoms with Crippen LogP contribution in [0.3, 0.4) is 0 Å². The van der Waals surface area contributed by atoms with Gasteiger partial charge in [-0.2, -0.15) is 10.6 Å². The number of aromatic amines is 1. The van der Waals surface area contributed by atoms with Gasteiger partial charge in [-0.1, -0.05) is 11.6 Å². The van der Waals surface area contributed by atoms with E-state index in [1.807, 2.05) is 18.2 Å². The number of pyridine rings is 2. The van der Waals surface area contributed by atoms with Crippen molar-refractivity contribution in [1.82, 2.24) is 36.6 Å². The molecule has 0 amide bonds. The van der Waals surface area contributed by atoms with Gasteiger partial charge in [0.05, 0.1) is 47.2 Å². The first-order valence-electron chi connectivity index (χ1n) is 8.47. The molecule has 28 heavy (non-hydrogen) atoms. The van der Waals surface area contributed by atoms with Gasteiger partial charge in [-0.25, -0.2) is 25.3 Å². The average molecular weight is 397 g/mol. The minimum absolute atomic E-state index is 0.338. The molecule has 0 unspecified atom stereocenters. The topological polar surface area (TPSA) is 93.8 Å². The van der Waals surface area contributed by atoms with Crippen LogP contribution in [-0.4, -0.2) is 26.8 Å². The smallest absolute Gasteiger partial charge is 0.132 e. The Hall–Kier alpha value is -3.11. The van der Waals surface area contributed by atoms with Crippen molar-refractivity contribution in [1.29, 1.82) is 0 Å². The van der Waals surface area contributed by atoms with Crippen LogP contribution in [0.25, 0.3) is 33.5 Å². The van der Waals surface area contributed by atoms with Crippen molar-refractivity contribution < 1.29 is 4.39 Å². The van der Waals surface area contributed by atoms with Crippen molar-refractivity contribution in [2.45, 2.75) is 0 Å². The maximum absolute atomic E-state index is 14.3. The summed E-state index contributed by atoms with van der Waals surface area (Å²) in [6.07, 6.45) is 3.36. The molecule has 1 aromatic carbocycles. The summed E-state index contributed by atoms with van der Waals surface area (Å²) in [5.41, 5.74) is 13.4. The van der Waals surface area contributed by atoms with E-state index in [-0.39, 0.29) is 0 Å². The number of aromatic nitrogens is 4. The molecule has 4 N–H and O–H groups in total. The number of hydrazine groups is 3. The maximum Gasteiger partial charge on any atom is 0.132 e. The molecule has 1 saturated heterocycles. The summed E-state index contributed by atoms with van der Waals surface area (Å²) in [7, 11) is 0.